The first-order chi connectivity index (χ1) is 1.73. The quantitative estimate of drug-likeness (QED) is 0.501. The van der Waals surface area contributed by atoms with Crippen LogP contribution >= 0.6 is 27.0 Å². The van der Waals surface area contributed by atoms with E-state index in [2.05, 4.69) is 11.2 Å². The van der Waals surface area contributed by atoms with E-state index in [4.69, 9.17) is 0 Å². The van der Waals surface area contributed by atoms with Gasteiger partial charge in [-0.15, -0.1) is 9.45 Å². The summed E-state index contributed by atoms with van der Waals surface area (Å²) < 4.78 is 0. The maximum Gasteiger partial charge on any atom is -0.0140 e. The molecule has 42 valence electrons. The lowest BCUT2D eigenvalue weighted by molar-refractivity contribution is 2.35. The van der Waals surface area contributed by atoms with Crippen molar-refractivity contribution in [2.45, 2.75) is 0 Å². The zero-order valence-corrected chi connectivity index (χ0v) is 7.45. The predicted octanol–water partition coefficient (Wildman–Crippen LogP) is 0.552. The minimum absolute atomic E-state index is 0. The van der Waals surface area contributed by atoms with Crippen LogP contribution in [0.3, 0.4) is 0 Å². The Balaban J connectivity index is -0.0000000450. The topological polar surface area (TPSA) is 0 Å². The van der Waals surface area contributed by atoms with E-state index in [1.54, 1.807) is 0 Å². The van der Waals surface area contributed by atoms with Gasteiger partial charge in [0, 0.05) is 0 Å². The van der Waals surface area contributed by atoms with Gasteiger partial charge < -0.3 is 0 Å². The Labute approximate surface area is 60.2 Å². The van der Waals surface area contributed by atoms with Crippen molar-refractivity contribution in [2.24, 2.45) is 0 Å². The molecule has 0 aliphatic rings. The summed E-state index contributed by atoms with van der Waals surface area (Å²) in [7, 11) is 0.222. The molecule has 0 aromatic rings. The smallest absolute Gasteiger partial charge is 0.0140 e. The molecule has 0 amide bonds. The van der Waals surface area contributed by atoms with E-state index in [-0.39, 0.29) is 36.4 Å². The van der Waals surface area contributed by atoms with E-state index in [1.807, 2.05) is 12.5 Å². The van der Waals surface area contributed by atoms with Gasteiger partial charge in [0.05, 0.1) is 0 Å². The second-order valence-corrected chi connectivity index (χ2v) is 4.22. The van der Waals surface area contributed by atoms with Crippen LogP contribution in [0.2, 0.25) is 0 Å². The fourth-order valence-electron chi connectivity index (χ4n) is 0. The monoisotopic (exact) mass is 162 g/mol. The van der Waals surface area contributed by atoms with Crippen molar-refractivity contribution in [1.29, 1.82) is 0 Å². The summed E-state index contributed by atoms with van der Waals surface area (Å²) >= 11 is 4.65. The van der Waals surface area contributed by atoms with Crippen molar-refractivity contribution in [3.63, 3.8) is 0 Å². The molecular weight excluding hydrogens is 152 g/mol. The zero-order chi connectivity index (χ0) is 3.58. The molecule has 0 aliphatic heterocycles. The van der Waals surface area contributed by atoms with Crippen LogP contribution in [-0.2, 0) is 20.6 Å². The van der Waals surface area contributed by atoms with Gasteiger partial charge in [0.15, 0.2) is 0 Å². The van der Waals surface area contributed by atoms with Gasteiger partial charge in [0.2, 0.25) is 0 Å². The van der Waals surface area contributed by atoms with E-state index in [0.717, 1.165) is 0 Å². The third-order valence-electron chi connectivity index (χ3n) is 0. The highest BCUT2D eigenvalue weighted by molar-refractivity contribution is 8.28. The van der Waals surface area contributed by atoms with E-state index in [0.29, 0.717) is 0 Å². The third-order valence-corrected chi connectivity index (χ3v) is 0. The van der Waals surface area contributed by atoms with Crippen molar-refractivity contribution in [1.82, 2.24) is 0 Å². The molecule has 0 bridgehead atoms. The standard InChI is InChI=1S/C2H6S2.2H2S/c1-4(2)3;;/h1-2H3;2*1H2. The van der Waals surface area contributed by atoms with Crippen molar-refractivity contribution in [3.05, 3.63) is 0 Å². The van der Waals surface area contributed by atoms with Gasteiger partial charge in [-0.25, -0.2) is 0 Å². The predicted molar refractivity (Wildman–Crippen MR) is 47.3 cm³/mol. The highest BCUT2D eigenvalue weighted by atomic mass is 32.8. The van der Waals surface area contributed by atoms with Gasteiger partial charge in [0.1, 0.15) is 0 Å². The van der Waals surface area contributed by atoms with E-state index in [9.17, 15) is 0 Å². The van der Waals surface area contributed by atoms with Crippen molar-refractivity contribution in [2.75, 3.05) is 12.5 Å². The molecule has 0 atom stereocenters. The van der Waals surface area contributed by atoms with Gasteiger partial charge in [-0.2, -0.15) is 27.0 Å². The Kier molecular flexibility index (Phi) is 25.0. The van der Waals surface area contributed by atoms with Crippen LogP contribution in [0.25, 0.3) is 0 Å². The second kappa shape index (κ2) is 9.55. The van der Waals surface area contributed by atoms with Crippen molar-refractivity contribution >= 4 is 47.6 Å². The molecule has 0 saturated carbocycles. The molecule has 0 nitrogen and oxygen atoms in total. The molecule has 0 rings (SSSR count). The molecule has 0 saturated heterocycles. The van der Waals surface area contributed by atoms with Crippen LogP contribution in [-0.4, -0.2) is 12.5 Å². The second-order valence-electron chi connectivity index (χ2n) is 0.742. The molecule has 6 heavy (non-hydrogen) atoms. The summed E-state index contributed by atoms with van der Waals surface area (Å²) in [5.74, 6) is 0. The summed E-state index contributed by atoms with van der Waals surface area (Å²) in [5.41, 5.74) is 0. The van der Waals surface area contributed by atoms with Crippen LogP contribution in [0.1, 0.15) is 0 Å². The first kappa shape index (κ1) is 15.7. The molecule has 0 spiro atoms. The molecule has 0 radical (unpaired) electrons. The Morgan fingerprint density at radius 2 is 1.17 bits per heavy atom. The summed E-state index contributed by atoms with van der Waals surface area (Å²) in [6.07, 6.45) is 4.02. The largest absolute Gasteiger partial charge is 0.197 e. The van der Waals surface area contributed by atoms with Gasteiger partial charge in [-0.3, -0.25) is 0 Å². The van der Waals surface area contributed by atoms with E-state index in [1.165, 1.54) is 0 Å². The molecule has 0 aliphatic carbocycles. The number of hydrogen-bond donors (Lipinski definition) is 0. The lowest BCUT2D eigenvalue weighted by Crippen LogP contribution is -1.67. The molecule has 0 unspecified atom stereocenters. The minimum atomic E-state index is 0. The maximum atomic E-state index is 4.65. The van der Waals surface area contributed by atoms with Crippen LogP contribution in [0.15, 0.2) is 0 Å². The summed E-state index contributed by atoms with van der Waals surface area (Å²) in [6.45, 7) is 0. The highest BCUT2D eigenvalue weighted by Crippen LogP contribution is 1.50. The number of hydrogen-bond acceptors (Lipinski definition) is 1. The molecule has 0 heterocycles. The molecule has 0 aromatic carbocycles. The summed E-state index contributed by atoms with van der Waals surface area (Å²) in [5, 5.41) is 0. The Hall–Kier alpha value is 1.27. The molecule has 4 heteroatoms. The Bertz CT molecular complexity index is 28.5. The SMILES string of the molecule is CS(C)=S.S.S. The van der Waals surface area contributed by atoms with Crippen molar-refractivity contribution < 1.29 is 0 Å². The molecule has 0 N–H and O–H groups in total. The van der Waals surface area contributed by atoms with Crippen LogP contribution in [0.4, 0.5) is 0 Å². The Morgan fingerprint density at radius 3 is 1.17 bits per heavy atom. The fraction of sp³-hybridized carbons (Fsp3) is 1.00. The average Bonchev–Trinajstić information content (AvgIpc) is 0.811. The van der Waals surface area contributed by atoms with Crippen LogP contribution in [0, 0.1) is 0 Å². The first-order valence-corrected chi connectivity index (χ1v) is 3.95. The van der Waals surface area contributed by atoms with E-state index >= 15 is 0 Å². The minimum Gasteiger partial charge on any atom is -0.197 e. The van der Waals surface area contributed by atoms with Gasteiger partial charge in [-0.1, -0.05) is 11.2 Å². The fourth-order valence-corrected chi connectivity index (χ4v) is 0. The van der Waals surface area contributed by atoms with Crippen LogP contribution < -0.4 is 0 Å². The van der Waals surface area contributed by atoms with E-state index < -0.39 is 0 Å². The Morgan fingerprint density at radius 1 is 1.17 bits per heavy atom. The first-order valence-electron chi connectivity index (χ1n) is 0.983. The zero-order valence-electron chi connectivity index (χ0n) is 3.82. The van der Waals surface area contributed by atoms with Gasteiger partial charge >= 0.3 is 0 Å². The average molecular weight is 162 g/mol. The lowest BCUT2D eigenvalue weighted by atomic mass is 11.9. The third kappa shape index (κ3) is 59.6. The van der Waals surface area contributed by atoms with Gasteiger partial charge in [0.25, 0.3) is 0 Å². The maximum absolute atomic E-state index is 4.65. The number of rotatable bonds is 0. The highest BCUT2D eigenvalue weighted by Gasteiger charge is 1.51. The molecule has 0 aromatic heterocycles. The molecular formula is C2H10S4. The van der Waals surface area contributed by atoms with Gasteiger partial charge in [-0.05, 0) is 12.5 Å². The van der Waals surface area contributed by atoms with Crippen LogP contribution in [0.5, 0.6) is 0 Å². The van der Waals surface area contributed by atoms with Crippen molar-refractivity contribution in [3.8, 4) is 0 Å². The summed E-state index contributed by atoms with van der Waals surface area (Å²) in [6, 6.07) is 0. The lowest BCUT2D eigenvalue weighted by Gasteiger charge is -1.66. The normalized spacial score (nSPS) is 5.83. The molecule has 0 fully saturated rings. The summed E-state index contributed by atoms with van der Waals surface area (Å²) in [4.78, 5) is 0.